The summed E-state index contributed by atoms with van der Waals surface area (Å²) in [6, 6.07) is 21.8. The SMILES string of the molecule is COc1ccc(-c2ccc(C(C)=O)cc2)cc1CN(C(=O)c1sc2ccccc2c1Cl)C1CCCCC1. The largest absolute Gasteiger partial charge is 0.496 e. The smallest absolute Gasteiger partial charge is 0.266 e. The molecular weight excluding hydrogens is 502 g/mol. The van der Waals surface area contributed by atoms with Gasteiger partial charge >= 0.3 is 0 Å². The van der Waals surface area contributed by atoms with Crippen molar-refractivity contribution in [3.63, 3.8) is 0 Å². The first-order chi connectivity index (χ1) is 18.0. The number of ether oxygens (including phenoxy) is 1. The molecule has 0 aliphatic heterocycles. The Morgan fingerprint density at radius 1 is 0.973 bits per heavy atom. The van der Waals surface area contributed by atoms with Crippen LogP contribution in [0.2, 0.25) is 5.02 Å². The third kappa shape index (κ3) is 5.29. The predicted molar refractivity (Wildman–Crippen MR) is 152 cm³/mol. The molecule has 6 heteroatoms. The first kappa shape index (κ1) is 25.5. The minimum absolute atomic E-state index is 0.0173. The minimum atomic E-state index is -0.0173. The highest BCUT2D eigenvalue weighted by molar-refractivity contribution is 7.21. The van der Waals surface area contributed by atoms with E-state index in [4.69, 9.17) is 16.3 Å². The molecule has 1 saturated carbocycles. The van der Waals surface area contributed by atoms with E-state index >= 15 is 0 Å². The van der Waals surface area contributed by atoms with Gasteiger partial charge in [0.1, 0.15) is 10.6 Å². The molecule has 4 nitrogen and oxygen atoms in total. The number of carbonyl (C=O) groups is 2. The molecule has 1 aromatic heterocycles. The van der Waals surface area contributed by atoms with Crippen LogP contribution in [0.1, 0.15) is 64.6 Å². The second kappa shape index (κ2) is 11.1. The summed E-state index contributed by atoms with van der Waals surface area (Å²) in [6.07, 6.45) is 5.42. The molecule has 190 valence electrons. The summed E-state index contributed by atoms with van der Waals surface area (Å²) in [6.45, 7) is 2.01. The fourth-order valence-corrected chi connectivity index (χ4v) is 6.67. The molecule has 0 atom stereocenters. The van der Waals surface area contributed by atoms with Gasteiger partial charge < -0.3 is 9.64 Å². The molecular formula is C31H30ClNO3S. The zero-order valence-corrected chi connectivity index (χ0v) is 22.7. The lowest BCUT2D eigenvalue weighted by Gasteiger charge is -2.34. The van der Waals surface area contributed by atoms with E-state index in [2.05, 4.69) is 6.07 Å². The number of methoxy groups -OCH3 is 1. The average molecular weight is 532 g/mol. The second-order valence-corrected chi connectivity index (χ2v) is 11.1. The Kier molecular flexibility index (Phi) is 7.63. The monoisotopic (exact) mass is 531 g/mol. The Balaban J connectivity index is 1.52. The van der Waals surface area contributed by atoms with Crippen LogP contribution in [0.5, 0.6) is 5.75 Å². The number of halogens is 1. The van der Waals surface area contributed by atoms with Crippen LogP contribution in [-0.4, -0.2) is 29.7 Å². The number of nitrogens with zero attached hydrogens (tertiary/aromatic N) is 1. The molecule has 0 radical (unpaired) electrons. The summed E-state index contributed by atoms with van der Waals surface area (Å²) >= 11 is 8.22. The maximum absolute atomic E-state index is 14.1. The van der Waals surface area contributed by atoms with Gasteiger partial charge in [0, 0.05) is 33.8 Å². The first-order valence-corrected chi connectivity index (χ1v) is 13.9. The molecule has 1 amide bonds. The van der Waals surface area contributed by atoms with Crippen LogP contribution in [0.25, 0.3) is 21.2 Å². The Bertz CT molecular complexity index is 1440. The Morgan fingerprint density at radius 2 is 1.68 bits per heavy atom. The van der Waals surface area contributed by atoms with E-state index in [1.807, 2.05) is 65.6 Å². The second-order valence-electron chi connectivity index (χ2n) is 9.63. The molecule has 0 saturated heterocycles. The van der Waals surface area contributed by atoms with Gasteiger partial charge in [-0.2, -0.15) is 0 Å². The third-order valence-corrected chi connectivity index (χ3v) is 8.91. The van der Waals surface area contributed by atoms with Crippen molar-refractivity contribution < 1.29 is 14.3 Å². The van der Waals surface area contributed by atoms with Crippen LogP contribution in [0.4, 0.5) is 0 Å². The maximum Gasteiger partial charge on any atom is 0.266 e. The van der Waals surface area contributed by atoms with E-state index in [1.54, 1.807) is 14.0 Å². The van der Waals surface area contributed by atoms with E-state index in [0.29, 0.717) is 22.0 Å². The molecule has 1 fully saturated rings. The minimum Gasteiger partial charge on any atom is -0.496 e. The zero-order chi connectivity index (χ0) is 25.9. The molecule has 3 aromatic carbocycles. The van der Waals surface area contributed by atoms with E-state index in [-0.39, 0.29) is 17.7 Å². The van der Waals surface area contributed by atoms with Crippen LogP contribution in [0, 0.1) is 0 Å². The Hall–Kier alpha value is -3.15. The molecule has 0 bridgehead atoms. The van der Waals surface area contributed by atoms with Crippen LogP contribution in [0.15, 0.2) is 66.7 Å². The first-order valence-electron chi connectivity index (χ1n) is 12.7. The van der Waals surface area contributed by atoms with E-state index in [1.165, 1.54) is 17.8 Å². The van der Waals surface area contributed by atoms with E-state index in [9.17, 15) is 9.59 Å². The summed E-state index contributed by atoms with van der Waals surface area (Å²) in [5, 5.41) is 1.47. The topological polar surface area (TPSA) is 46.6 Å². The van der Waals surface area contributed by atoms with Crippen molar-refractivity contribution in [2.24, 2.45) is 0 Å². The lowest BCUT2D eigenvalue weighted by atomic mass is 9.93. The summed E-state index contributed by atoms with van der Waals surface area (Å²) < 4.78 is 6.75. The van der Waals surface area contributed by atoms with Gasteiger partial charge in [-0.3, -0.25) is 9.59 Å². The zero-order valence-electron chi connectivity index (χ0n) is 21.1. The Labute approximate surface area is 226 Å². The Morgan fingerprint density at radius 3 is 2.35 bits per heavy atom. The van der Waals surface area contributed by atoms with Gasteiger partial charge in [0.2, 0.25) is 0 Å². The molecule has 1 aliphatic carbocycles. The van der Waals surface area contributed by atoms with Gasteiger partial charge in [0.25, 0.3) is 5.91 Å². The van der Waals surface area contributed by atoms with Crippen molar-refractivity contribution in [1.82, 2.24) is 4.90 Å². The van der Waals surface area contributed by atoms with Crippen LogP contribution in [-0.2, 0) is 6.54 Å². The van der Waals surface area contributed by atoms with E-state index < -0.39 is 0 Å². The summed E-state index contributed by atoms with van der Waals surface area (Å²) in [5.41, 5.74) is 3.66. The summed E-state index contributed by atoms with van der Waals surface area (Å²) in [5.74, 6) is 0.778. The highest BCUT2D eigenvalue weighted by atomic mass is 35.5. The average Bonchev–Trinajstić information content (AvgIpc) is 3.28. The van der Waals surface area contributed by atoms with Crippen molar-refractivity contribution >= 4 is 44.7 Å². The molecule has 0 N–H and O–H groups in total. The standard InChI is InChI=1S/C31H30ClNO3S/c1-20(34)21-12-14-22(15-13-21)23-16-17-27(36-2)24(18-23)19-33(25-8-4-3-5-9-25)31(35)30-29(32)26-10-6-7-11-28(26)37-30/h6-7,10-18,25H,3-5,8-9,19H2,1-2H3. The van der Waals surface area contributed by atoms with Crippen molar-refractivity contribution in [2.75, 3.05) is 7.11 Å². The number of amides is 1. The number of carbonyl (C=O) groups excluding carboxylic acids is 2. The van der Waals surface area contributed by atoms with Gasteiger partial charge in [-0.05, 0) is 49.1 Å². The van der Waals surface area contributed by atoms with Crippen LogP contribution in [0.3, 0.4) is 0 Å². The van der Waals surface area contributed by atoms with Crippen molar-refractivity contribution in [3.05, 3.63) is 87.8 Å². The van der Waals surface area contributed by atoms with Gasteiger partial charge in [-0.1, -0.05) is 79.4 Å². The highest BCUT2D eigenvalue weighted by Gasteiger charge is 2.30. The summed E-state index contributed by atoms with van der Waals surface area (Å²) in [4.78, 5) is 28.4. The molecule has 37 heavy (non-hydrogen) atoms. The summed E-state index contributed by atoms with van der Waals surface area (Å²) in [7, 11) is 1.66. The molecule has 4 aromatic rings. The highest BCUT2D eigenvalue weighted by Crippen LogP contribution is 2.38. The lowest BCUT2D eigenvalue weighted by Crippen LogP contribution is -2.40. The number of fused-ring (bicyclic) bond motifs is 1. The fourth-order valence-electron chi connectivity index (χ4n) is 5.20. The van der Waals surface area contributed by atoms with E-state index in [0.717, 1.165) is 58.2 Å². The number of hydrogen-bond donors (Lipinski definition) is 0. The van der Waals surface area contributed by atoms with Crippen LogP contribution >= 0.6 is 22.9 Å². The molecule has 0 unspecified atom stereocenters. The third-order valence-electron chi connectivity index (χ3n) is 7.25. The number of ketones is 1. The fraction of sp³-hybridized carbons (Fsp3) is 0.290. The number of Topliss-reactive ketones (excluding diaryl/α,β-unsaturated/α-hetero) is 1. The molecule has 1 aliphatic rings. The maximum atomic E-state index is 14.1. The molecule has 5 rings (SSSR count). The predicted octanol–water partition coefficient (Wildman–Crippen LogP) is 8.41. The van der Waals surface area contributed by atoms with Crippen molar-refractivity contribution in [3.8, 4) is 16.9 Å². The van der Waals surface area contributed by atoms with Gasteiger partial charge in [0.05, 0.1) is 12.1 Å². The number of thiophene rings is 1. The number of rotatable bonds is 7. The molecule has 0 spiro atoms. The number of hydrogen-bond acceptors (Lipinski definition) is 4. The lowest BCUT2D eigenvalue weighted by molar-refractivity contribution is 0.0617. The van der Waals surface area contributed by atoms with Crippen LogP contribution < -0.4 is 4.74 Å². The van der Waals surface area contributed by atoms with Gasteiger partial charge in [-0.15, -0.1) is 11.3 Å². The quantitative estimate of drug-likeness (QED) is 0.225. The van der Waals surface area contributed by atoms with Crippen molar-refractivity contribution in [2.45, 2.75) is 51.6 Å². The normalized spacial score (nSPS) is 14.0. The molecule has 1 heterocycles. The van der Waals surface area contributed by atoms with Crippen molar-refractivity contribution in [1.29, 1.82) is 0 Å². The van der Waals surface area contributed by atoms with Gasteiger partial charge in [-0.25, -0.2) is 0 Å². The number of benzene rings is 3. The van der Waals surface area contributed by atoms with Gasteiger partial charge in [0.15, 0.2) is 5.78 Å².